The summed E-state index contributed by atoms with van der Waals surface area (Å²) < 4.78 is 13.5. The van der Waals surface area contributed by atoms with Crippen LogP contribution in [0.15, 0.2) is 18.2 Å². The van der Waals surface area contributed by atoms with Crippen LogP contribution in [0.2, 0.25) is 0 Å². The lowest BCUT2D eigenvalue weighted by atomic mass is 10.1. The van der Waals surface area contributed by atoms with Crippen LogP contribution in [-0.2, 0) is 11.3 Å². The van der Waals surface area contributed by atoms with Gasteiger partial charge in [0.2, 0.25) is 5.91 Å². The zero-order chi connectivity index (χ0) is 15.2. The summed E-state index contributed by atoms with van der Waals surface area (Å²) in [5.74, 6) is -0.267. The van der Waals surface area contributed by atoms with Gasteiger partial charge in [-0.25, -0.2) is 4.39 Å². The van der Waals surface area contributed by atoms with Gasteiger partial charge in [0.1, 0.15) is 5.82 Å². The van der Waals surface area contributed by atoms with E-state index < -0.39 is 0 Å². The third kappa shape index (κ3) is 4.70. The maximum Gasteiger partial charge on any atom is 0.239 e. The number of anilines is 1. The number of carbonyl (C=O) groups is 1. The van der Waals surface area contributed by atoms with Crippen molar-refractivity contribution in [1.29, 1.82) is 0 Å². The van der Waals surface area contributed by atoms with Crippen molar-refractivity contribution < 1.29 is 9.18 Å². The number of hydrogen-bond acceptors (Lipinski definition) is 3. The Labute approximate surface area is 125 Å². The minimum absolute atomic E-state index is 0.0334. The van der Waals surface area contributed by atoms with Crippen molar-refractivity contribution in [1.82, 2.24) is 10.6 Å². The van der Waals surface area contributed by atoms with E-state index in [4.69, 9.17) is 0 Å². The van der Waals surface area contributed by atoms with E-state index in [1.807, 2.05) is 4.90 Å². The Bertz CT molecular complexity index is 488. The SMILES string of the molecule is CCCN(CC(=O)NC)c1ccc(F)cc1CNC1CC1. The lowest BCUT2D eigenvalue weighted by Crippen LogP contribution is -2.37. The summed E-state index contributed by atoms with van der Waals surface area (Å²) in [7, 11) is 1.63. The van der Waals surface area contributed by atoms with E-state index in [2.05, 4.69) is 17.6 Å². The first-order valence-corrected chi connectivity index (χ1v) is 7.61. The lowest BCUT2D eigenvalue weighted by molar-refractivity contribution is -0.119. The normalized spacial score (nSPS) is 14.0. The fraction of sp³-hybridized carbons (Fsp3) is 0.562. The van der Waals surface area contributed by atoms with Crippen molar-refractivity contribution in [3.05, 3.63) is 29.6 Å². The molecule has 1 aliphatic carbocycles. The average molecular weight is 293 g/mol. The van der Waals surface area contributed by atoms with Gasteiger partial charge >= 0.3 is 0 Å². The summed E-state index contributed by atoms with van der Waals surface area (Å²) in [4.78, 5) is 13.7. The van der Waals surface area contributed by atoms with Gasteiger partial charge in [-0.05, 0) is 43.0 Å². The van der Waals surface area contributed by atoms with Gasteiger partial charge < -0.3 is 15.5 Å². The van der Waals surface area contributed by atoms with Crippen molar-refractivity contribution in [2.75, 3.05) is 25.0 Å². The minimum Gasteiger partial charge on any atom is -0.362 e. The van der Waals surface area contributed by atoms with Crippen LogP contribution >= 0.6 is 0 Å². The molecule has 1 saturated carbocycles. The smallest absolute Gasteiger partial charge is 0.239 e. The van der Waals surface area contributed by atoms with Crippen LogP contribution in [0.25, 0.3) is 0 Å². The Morgan fingerprint density at radius 1 is 1.43 bits per heavy atom. The molecule has 5 heteroatoms. The zero-order valence-electron chi connectivity index (χ0n) is 12.8. The van der Waals surface area contributed by atoms with Gasteiger partial charge in [-0.15, -0.1) is 0 Å². The Balaban J connectivity index is 2.17. The molecular formula is C16H24FN3O. The van der Waals surface area contributed by atoms with Crippen LogP contribution < -0.4 is 15.5 Å². The second-order valence-electron chi connectivity index (χ2n) is 5.52. The standard InChI is InChI=1S/C16H24FN3O/c1-3-8-20(11-16(21)18-2)15-7-4-13(17)9-12(15)10-19-14-5-6-14/h4,7,9,14,19H,3,5-6,8,10-11H2,1-2H3,(H,18,21). The highest BCUT2D eigenvalue weighted by Crippen LogP contribution is 2.24. The number of amides is 1. The van der Waals surface area contributed by atoms with Crippen LogP contribution in [0, 0.1) is 5.82 Å². The number of nitrogens with zero attached hydrogens (tertiary/aromatic N) is 1. The van der Waals surface area contributed by atoms with Crippen LogP contribution in [0.3, 0.4) is 0 Å². The third-order valence-corrected chi connectivity index (χ3v) is 3.65. The predicted octanol–water partition coefficient (Wildman–Crippen LogP) is 2.04. The van der Waals surface area contributed by atoms with E-state index in [1.165, 1.54) is 18.9 Å². The summed E-state index contributed by atoms with van der Waals surface area (Å²) in [6.45, 7) is 3.79. The number of hydrogen-bond donors (Lipinski definition) is 2. The maximum absolute atomic E-state index is 13.5. The molecule has 0 spiro atoms. The van der Waals surface area contributed by atoms with E-state index in [0.717, 1.165) is 24.2 Å². The second-order valence-corrected chi connectivity index (χ2v) is 5.52. The van der Waals surface area contributed by atoms with Gasteiger partial charge in [-0.2, -0.15) is 0 Å². The highest BCUT2D eigenvalue weighted by Gasteiger charge is 2.21. The molecule has 0 aliphatic heterocycles. The van der Waals surface area contributed by atoms with Gasteiger partial charge in [0, 0.05) is 31.9 Å². The van der Waals surface area contributed by atoms with Gasteiger partial charge in [0.25, 0.3) is 0 Å². The number of likely N-dealkylation sites (N-methyl/N-ethyl adjacent to an activating group) is 1. The molecule has 21 heavy (non-hydrogen) atoms. The van der Waals surface area contributed by atoms with Crippen LogP contribution in [0.5, 0.6) is 0 Å². The van der Waals surface area contributed by atoms with Gasteiger partial charge in [0.15, 0.2) is 0 Å². The van der Waals surface area contributed by atoms with Crippen molar-refractivity contribution >= 4 is 11.6 Å². The van der Waals surface area contributed by atoms with Crippen molar-refractivity contribution in [3.8, 4) is 0 Å². The second kappa shape index (κ2) is 7.41. The minimum atomic E-state index is -0.234. The number of benzene rings is 1. The largest absolute Gasteiger partial charge is 0.362 e. The Kier molecular flexibility index (Phi) is 5.56. The summed E-state index contributed by atoms with van der Waals surface area (Å²) in [6, 6.07) is 5.37. The number of halogens is 1. The lowest BCUT2D eigenvalue weighted by Gasteiger charge is -2.26. The van der Waals surface area contributed by atoms with Gasteiger partial charge in [-0.1, -0.05) is 6.92 Å². The number of nitrogens with one attached hydrogen (secondary N) is 2. The molecule has 1 fully saturated rings. The van der Waals surface area contributed by atoms with E-state index in [1.54, 1.807) is 19.2 Å². The Hall–Kier alpha value is -1.62. The summed E-state index contributed by atoms with van der Waals surface area (Å²) in [5.41, 5.74) is 1.86. The maximum atomic E-state index is 13.5. The fourth-order valence-electron chi connectivity index (χ4n) is 2.35. The third-order valence-electron chi connectivity index (χ3n) is 3.65. The molecule has 116 valence electrons. The summed E-state index contributed by atoms with van der Waals surface area (Å²) in [5, 5.41) is 6.06. The topological polar surface area (TPSA) is 44.4 Å². The van der Waals surface area contributed by atoms with E-state index in [-0.39, 0.29) is 11.7 Å². The van der Waals surface area contributed by atoms with Gasteiger partial charge in [0.05, 0.1) is 6.54 Å². The fourth-order valence-corrected chi connectivity index (χ4v) is 2.35. The zero-order valence-corrected chi connectivity index (χ0v) is 12.8. The molecule has 1 aliphatic rings. The summed E-state index contributed by atoms with van der Waals surface area (Å²) >= 11 is 0. The molecule has 0 saturated heterocycles. The van der Waals surface area contributed by atoms with Crippen molar-refractivity contribution in [2.24, 2.45) is 0 Å². The molecule has 0 heterocycles. The molecular weight excluding hydrogens is 269 g/mol. The average Bonchev–Trinajstić information content (AvgIpc) is 3.29. The number of carbonyl (C=O) groups excluding carboxylic acids is 1. The molecule has 2 rings (SSSR count). The van der Waals surface area contributed by atoms with E-state index in [9.17, 15) is 9.18 Å². The highest BCUT2D eigenvalue weighted by atomic mass is 19.1. The van der Waals surface area contributed by atoms with E-state index >= 15 is 0 Å². The highest BCUT2D eigenvalue weighted by molar-refractivity contribution is 5.81. The first-order chi connectivity index (χ1) is 10.1. The monoisotopic (exact) mass is 293 g/mol. The Morgan fingerprint density at radius 3 is 2.81 bits per heavy atom. The molecule has 2 N–H and O–H groups in total. The first kappa shape index (κ1) is 15.8. The predicted molar refractivity (Wildman–Crippen MR) is 82.8 cm³/mol. The Morgan fingerprint density at radius 2 is 2.19 bits per heavy atom. The molecule has 0 atom stereocenters. The molecule has 0 aromatic heterocycles. The summed E-state index contributed by atoms with van der Waals surface area (Å²) in [6.07, 6.45) is 3.33. The van der Waals surface area contributed by atoms with E-state index in [0.29, 0.717) is 19.1 Å². The van der Waals surface area contributed by atoms with Crippen molar-refractivity contribution in [3.63, 3.8) is 0 Å². The molecule has 0 bridgehead atoms. The quantitative estimate of drug-likeness (QED) is 0.771. The molecule has 1 aromatic rings. The first-order valence-electron chi connectivity index (χ1n) is 7.61. The van der Waals surface area contributed by atoms with Crippen LogP contribution in [-0.4, -0.2) is 32.1 Å². The molecule has 0 radical (unpaired) electrons. The number of rotatable bonds is 8. The molecule has 0 unspecified atom stereocenters. The van der Waals surface area contributed by atoms with Crippen molar-refractivity contribution in [2.45, 2.75) is 38.8 Å². The molecule has 1 amide bonds. The van der Waals surface area contributed by atoms with Crippen LogP contribution in [0.1, 0.15) is 31.7 Å². The molecule has 4 nitrogen and oxygen atoms in total. The van der Waals surface area contributed by atoms with Gasteiger partial charge in [-0.3, -0.25) is 4.79 Å². The van der Waals surface area contributed by atoms with Crippen LogP contribution in [0.4, 0.5) is 10.1 Å². The molecule has 1 aromatic carbocycles.